The van der Waals surface area contributed by atoms with Crippen LogP contribution in [0.1, 0.15) is 16.7 Å². The fraction of sp³-hybridized carbons (Fsp3) is 0.111. The van der Waals surface area contributed by atoms with Crippen LogP contribution < -0.4 is 0 Å². The Labute approximate surface area is 162 Å². The van der Waals surface area contributed by atoms with Crippen LogP contribution in [-0.4, -0.2) is 0 Å². The highest BCUT2D eigenvalue weighted by molar-refractivity contribution is 5.95. The lowest BCUT2D eigenvalue weighted by Gasteiger charge is -2.18. The topological polar surface area (TPSA) is 0 Å². The normalized spacial score (nSPS) is 10.8. The Morgan fingerprint density at radius 3 is 1.30 bits per heavy atom. The fourth-order valence-corrected chi connectivity index (χ4v) is 3.62. The Morgan fingerprint density at radius 2 is 0.852 bits per heavy atom. The molecule has 0 saturated carbocycles. The maximum atomic E-state index is 2.31. The van der Waals surface area contributed by atoms with Crippen LogP contribution in [0.15, 0.2) is 91.0 Å². The van der Waals surface area contributed by atoms with Gasteiger partial charge in [0.25, 0.3) is 0 Å². The number of hydrogen-bond acceptors (Lipinski definition) is 0. The highest BCUT2D eigenvalue weighted by Crippen LogP contribution is 2.41. The van der Waals surface area contributed by atoms with E-state index in [0.29, 0.717) is 0 Å². The molecule has 0 radical (unpaired) electrons. The van der Waals surface area contributed by atoms with Gasteiger partial charge in [-0.3, -0.25) is 0 Å². The van der Waals surface area contributed by atoms with E-state index in [-0.39, 0.29) is 0 Å². The predicted octanol–water partition coefficient (Wildman–Crippen LogP) is 7.61. The molecular weight excluding hydrogens is 324 g/mol. The van der Waals surface area contributed by atoms with Crippen LogP contribution in [0.4, 0.5) is 0 Å². The molecule has 0 atom stereocenters. The molecule has 0 amide bonds. The number of benzene rings is 4. The summed E-state index contributed by atoms with van der Waals surface area (Å²) in [6.45, 7) is 6.45. The van der Waals surface area contributed by atoms with Gasteiger partial charge < -0.3 is 0 Å². The molecule has 4 aromatic rings. The van der Waals surface area contributed by atoms with Crippen molar-refractivity contribution in [2.45, 2.75) is 20.8 Å². The van der Waals surface area contributed by atoms with E-state index in [9.17, 15) is 0 Å². The van der Waals surface area contributed by atoms with Crippen molar-refractivity contribution < 1.29 is 0 Å². The van der Waals surface area contributed by atoms with Crippen LogP contribution in [-0.2, 0) is 0 Å². The molecular formula is C27H24. The van der Waals surface area contributed by atoms with Crippen molar-refractivity contribution in [1.29, 1.82) is 0 Å². The molecule has 0 unspecified atom stereocenters. The first kappa shape index (κ1) is 17.3. The standard InChI is InChI=1S/C27H24/c1-19-9-13-22(14-10-19)25-17-21(3)18-26(23-15-11-20(2)12-16-23)27(25)24-7-5-4-6-8-24/h4-18H,1-3H3. The smallest absolute Gasteiger partial charge is 0.00266 e. The Hall–Kier alpha value is -3.12. The second-order valence-corrected chi connectivity index (χ2v) is 7.33. The molecule has 0 aromatic heterocycles. The summed E-state index contributed by atoms with van der Waals surface area (Å²) in [5.74, 6) is 0. The number of hydrogen-bond donors (Lipinski definition) is 0. The van der Waals surface area contributed by atoms with Crippen molar-refractivity contribution >= 4 is 0 Å². The van der Waals surface area contributed by atoms with Crippen LogP contribution in [0, 0.1) is 20.8 Å². The Balaban J connectivity index is 2.04. The molecule has 0 heteroatoms. The molecule has 0 aliphatic rings. The van der Waals surface area contributed by atoms with Gasteiger partial charge in [-0.25, -0.2) is 0 Å². The summed E-state index contributed by atoms with van der Waals surface area (Å²) in [4.78, 5) is 0. The number of rotatable bonds is 3. The molecule has 0 fully saturated rings. The Morgan fingerprint density at radius 1 is 0.407 bits per heavy atom. The maximum Gasteiger partial charge on any atom is -0.00266 e. The summed E-state index contributed by atoms with van der Waals surface area (Å²) in [6.07, 6.45) is 0. The molecule has 0 bridgehead atoms. The fourth-order valence-electron chi connectivity index (χ4n) is 3.62. The molecule has 4 aromatic carbocycles. The van der Waals surface area contributed by atoms with E-state index >= 15 is 0 Å². The van der Waals surface area contributed by atoms with Crippen molar-refractivity contribution in [2.24, 2.45) is 0 Å². The maximum absolute atomic E-state index is 2.31. The van der Waals surface area contributed by atoms with E-state index in [1.54, 1.807) is 0 Å². The zero-order valence-electron chi connectivity index (χ0n) is 16.2. The van der Waals surface area contributed by atoms with Crippen molar-refractivity contribution in [3.8, 4) is 33.4 Å². The zero-order chi connectivity index (χ0) is 18.8. The van der Waals surface area contributed by atoms with Gasteiger partial charge in [0.15, 0.2) is 0 Å². The summed E-state index contributed by atoms with van der Waals surface area (Å²) < 4.78 is 0. The van der Waals surface area contributed by atoms with E-state index in [1.807, 2.05) is 0 Å². The highest BCUT2D eigenvalue weighted by Gasteiger charge is 2.15. The van der Waals surface area contributed by atoms with Crippen molar-refractivity contribution in [1.82, 2.24) is 0 Å². The predicted molar refractivity (Wildman–Crippen MR) is 117 cm³/mol. The molecule has 27 heavy (non-hydrogen) atoms. The van der Waals surface area contributed by atoms with Crippen molar-refractivity contribution in [3.63, 3.8) is 0 Å². The molecule has 4 rings (SSSR count). The first-order valence-corrected chi connectivity index (χ1v) is 9.46. The Bertz CT molecular complexity index is 987. The van der Waals surface area contributed by atoms with Crippen LogP contribution in [0.5, 0.6) is 0 Å². The minimum absolute atomic E-state index is 1.25. The molecule has 0 saturated heterocycles. The quantitative estimate of drug-likeness (QED) is 0.357. The lowest BCUT2D eigenvalue weighted by Crippen LogP contribution is -1.92. The Kier molecular flexibility index (Phi) is 4.64. The minimum Gasteiger partial charge on any atom is -0.0622 e. The van der Waals surface area contributed by atoms with Gasteiger partial charge >= 0.3 is 0 Å². The minimum atomic E-state index is 1.25. The summed E-state index contributed by atoms with van der Waals surface area (Å²) in [5.41, 5.74) is 11.5. The van der Waals surface area contributed by atoms with Gasteiger partial charge in [0, 0.05) is 0 Å². The molecule has 0 N–H and O–H groups in total. The first-order chi connectivity index (χ1) is 13.1. The van der Waals surface area contributed by atoms with E-state index in [1.165, 1.54) is 50.1 Å². The van der Waals surface area contributed by atoms with Gasteiger partial charge in [-0.05, 0) is 59.7 Å². The van der Waals surface area contributed by atoms with E-state index in [0.717, 1.165) is 0 Å². The summed E-state index contributed by atoms with van der Waals surface area (Å²) in [5, 5.41) is 0. The lowest BCUT2D eigenvalue weighted by atomic mass is 9.86. The summed E-state index contributed by atoms with van der Waals surface area (Å²) in [6, 6.07) is 33.0. The molecule has 0 nitrogen and oxygen atoms in total. The molecule has 0 heterocycles. The molecule has 0 spiro atoms. The largest absolute Gasteiger partial charge is 0.0622 e. The first-order valence-electron chi connectivity index (χ1n) is 9.46. The van der Waals surface area contributed by atoms with Crippen LogP contribution in [0.25, 0.3) is 33.4 Å². The average molecular weight is 348 g/mol. The van der Waals surface area contributed by atoms with Gasteiger partial charge in [0.2, 0.25) is 0 Å². The third-order valence-electron chi connectivity index (χ3n) is 5.07. The monoisotopic (exact) mass is 348 g/mol. The average Bonchev–Trinajstić information content (AvgIpc) is 2.69. The second-order valence-electron chi connectivity index (χ2n) is 7.33. The summed E-state index contributed by atoms with van der Waals surface area (Å²) in [7, 11) is 0. The van der Waals surface area contributed by atoms with Gasteiger partial charge in [0.1, 0.15) is 0 Å². The second kappa shape index (κ2) is 7.25. The number of aryl methyl sites for hydroxylation is 3. The van der Waals surface area contributed by atoms with Crippen molar-refractivity contribution in [3.05, 3.63) is 108 Å². The van der Waals surface area contributed by atoms with Gasteiger partial charge in [-0.2, -0.15) is 0 Å². The van der Waals surface area contributed by atoms with Gasteiger partial charge in [-0.1, -0.05) is 102 Å². The van der Waals surface area contributed by atoms with E-state index in [4.69, 9.17) is 0 Å². The van der Waals surface area contributed by atoms with E-state index in [2.05, 4.69) is 112 Å². The molecule has 132 valence electrons. The van der Waals surface area contributed by atoms with E-state index < -0.39 is 0 Å². The van der Waals surface area contributed by atoms with Crippen LogP contribution >= 0.6 is 0 Å². The van der Waals surface area contributed by atoms with Crippen molar-refractivity contribution in [2.75, 3.05) is 0 Å². The van der Waals surface area contributed by atoms with Crippen LogP contribution in [0.3, 0.4) is 0 Å². The van der Waals surface area contributed by atoms with Crippen LogP contribution in [0.2, 0.25) is 0 Å². The van der Waals surface area contributed by atoms with Gasteiger partial charge in [0.05, 0.1) is 0 Å². The zero-order valence-corrected chi connectivity index (χ0v) is 16.2. The summed E-state index contributed by atoms with van der Waals surface area (Å²) >= 11 is 0. The lowest BCUT2D eigenvalue weighted by molar-refractivity contribution is 1.43. The third-order valence-corrected chi connectivity index (χ3v) is 5.07. The molecule has 0 aliphatic heterocycles. The SMILES string of the molecule is Cc1ccc(-c2cc(C)cc(-c3ccc(C)cc3)c2-c2ccccc2)cc1. The van der Waals surface area contributed by atoms with Gasteiger partial charge in [-0.15, -0.1) is 0 Å². The molecule has 0 aliphatic carbocycles. The highest BCUT2D eigenvalue weighted by atomic mass is 14.2. The third kappa shape index (κ3) is 3.57.